The molecule has 0 saturated heterocycles. The summed E-state index contributed by atoms with van der Waals surface area (Å²) in [5, 5.41) is 4.78. The van der Waals surface area contributed by atoms with Gasteiger partial charge in [0.2, 0.25) is 0 Å². The number of nitrogen functional groups attached to an aromatic ring is 2. The monoisotopic (exact) mass is 544 g/mol. The van der Waals surface area contributed by atoms with Crippen molar-refractivity contribution in [3.63, 3.8) is 0 Å². The van der Waals surface area contributed by atoms with Crippen molar-refractivity contribution in [1.82, 2.24) is 0 Å². The van der Waals surface area contributed by atoms with Crippen molar-refractivity contribution < 1.29 is 9.47 Å². The largest absolute Gasteiger partial charge is 0.457 e. The second kappa shape index (κ2) is 10.7. The fraction of sp³-hybridized carbons (Fsp3) is 0. The molecule has 0 amide bonds. The highest BCUT2D eigenvalue weighted by atomic mass is 16.5. The Bertz CT molecular complexity index is 1810. The van der Waals surface area contributed by atoms with Crippen LogP contribution >= 0.6 is 0 Å². The fourth-order valence-electron chi connectivity index (χ4n) is 5.47. The average Bonchev–Trinajstić information content (AvgIpc) is 3.03. The summed E-state index contributed by atoms with van der Waals surface area (Å²) in [6.07, 6.45) is 0. The van der Waals surface area contributed by atoms with Crippen molar-refractivity contribution in [1.29, 1.82) is 0 Å². The van der Waals surface area contributed by atoms with E-state index < -0.39 is 0 Å². The van der Waals surface area contributed by atoms with Gasteiger partial charge in [-0.05, 0) is 117 Å². The van der Waals surface area contributed by atoms with E-state index in [9.17, 15) is 0 Å². The Hall–Kier alpha value is -5.74. The Kier molecular flexibility index (Phi) is 6.42. The summed E-state index contributed by atoms with van der Waals surface area (Å²) < 4.78 is 12.1. The smallest absolute Gasteiger partial charge is 0.127 e. The molecule has 7 aromatic rings. The zero-order chi connectivity index (χ0) is 28.5. The first-order chi connectivity index (χ1) is 20.6. The lowest BCUT2D eigenvalue weighted by Gasteiger charge is -2.18. The Balaban J connectivity index is 1.30. The van der Waals surface area contributed by atoms with Gasteiger partial charge in [-0.3, -0.25) is 0 Å². The minimum atomic E-state index is 0.711. The maximum absolute atomic E-state index is 6.06. The number of nitrogens with two attached hydrogens (primary N) is 2. The summed E-state index contributed by atoms with van der Waals surface area (Å²) in [6.45, 7) is 0. The molecule has 0 aromatic heterocycles. The number of ether oxygens (including phenoxy) is 2. The first kappa shape index (κ1) is 25.2. The normalized spacial score (nSPS) is 11.0. The van der Waals surface area contributed by atoms with Gasteiger partial charge in [-0.15, -0.1) is 0 Å². The van der Waals surface area contributed by atoms with Gasteiger partial charge in [0, 0.05) is 11.4 Å². The summed E-state index contributed by atoms with van der Waals surface area (Å²) in [6, 6.07) is 48.7. The highest BCUT2D eigenvalue weighted by Gasteiger charge is 2.16. The van der Waals surface area contributed by atoms with Crippen LogP contribution in [0.5, 0.6) is 23.0 Å². The minimum Gasteiger partial charge on any atom is -0.457 e. The van der Waals surface area contributed by atoms with Gasteiger partial charge in [0.05, 0.1) is 0 Å². The van der Waals surface area contributed by atoms with Crippen LogP contribution in [0.2, 0.25) is 0 Å². The second-order valence-electron chi connectivity index (χ2n) is 10.2. The van der Waals surface area contributed by atoms with Crippen molar-refractivity contribution in [3.8, 4) is 45.3 Å². The Morgan fingerprint density at radius 2 is 0.571 bits per heavy atom. The number of anilines is 2. The lowest BCUT2D eigenvalue weighted by molar-refractivity contribution is 0.482. The maximum Gasteiger partial charge on any atom is 0.127 e. The van der Waals surface area contributed by atoms with Gasteiger partial charge in [-0.25, -0.2) is 0 Å². The van der Waals surface area contributed by atoms with E-state index in [2.05, 4.69) is 72.8 Å². The average molecular weight is 545 g/mol. The topological polar surface area (TPSA) is 70.5 Å². The molecule has 4 nitrogen and oxygen atoms in total. The molecule has 42 heavy (non-hydrogen) atoms. The second-order valence-corrected chi connectivity index (χ2v) is 10.2. The van der Waals surface area contributed by atoms with Crippen LogP contribution in [-0.4, -0.2) is 0 Å². The van der Waals surface area contributed by atoms with Gasteiger partial charge in [0.25, 0.3) is 0 Å². The molecule has 0 unspecified atom stereocenters. The van der Waals surface area contributed by atoms with Crippen LogP contribution in [0.3, 0.4) is 0 Å². The van der Waals surface area contributed by atoms with E-state index in [1.807, 2.05) is 72.8 Å². The first-order valence-electron chi connectivity index (χ1n) is 13.8. The molecule has 0 aliphatic carbocycles. The van der Waals surface area contributed by atoms with Crippen LogP contribution in [-0.2, 0) is 0 Å². The van der Waals surface area contributed by atoms with Crippen LogP contribution in [0.4, 0.5) is 11.4 Å². The molecule has 202 valence electrons. The molecule has 0 saturated carbocycles. The van der Waals surface area contributed by atoms with Gasteiger partial charge in [0.1, 0.15) is 23.0 Å². The fourth-order valence-corrected chi connectivity index (χ4v) is 5.47. The number of rotatable bonds is 6. The maximum atomic E-state index is 6.06. The van der Waals surface area contributed by atoms with E-state index in [1.54, 1.807) is 0 Å². The third-order valence-electron chi connectivity index (χ3n) is 7.45. The number of hydrogen-bond acceptors (Lipinski definition) is 4. The van der Waals surface area contributed by atoms with E-state index in [0.717, 1.165) is 34.1 Å². The highest BCUT2D eigenvalue weighted by Crippen LogP contribution is 2.44. The zero-order valence-electron chi connectivity index (χ0n) is 22.8. The van der Waals surface area contributed by atoms with Crippen molar-refractivity contribution >= 4 is 32.9 Å². The molecule has 0 aliphatic rings. The van der Waals surface area contributed by atoms with Crippen LogP contribution in [0.25, 0.3) is 43.8 Å². The summed E-state index contributed by atoms with van der Waals surface area (Å²) in [4.78, 5) is 0. The minimum absolute atomic E-state index is 0.711. The molecule has 0 bridgehead atoms. The molecule has 0 radical (unpaired) electrons. The van der Waals surface area contributed by atoms with Gasteiger partial charge < -0.3 is 20.9 Å². The van der Waals surface area contributed by atoms with Gasteiger partial charge >= 0.3 is 0 Å². The third-order valence-corrected chi connectivity index (χ3v) is 7.45. The molecule has 0 heterocycles. The van der Waals surface area contributed by atoms with Crippen molar-refractivity contribution in [3.05, 3.63) is 146 Å². The Morgan fingerprint density at radius 1 is 0.310 bits per heavy atom. The zero-order valence-corrected chi connectivity index (χ0v) is 22.8. The van der Waals surface area contributed by atoms with Crippen LogP contribution in [0.15, 0.2) is 146 Å². The molecule has 7 rings (SSSR count). The predicted octanol–water partition coefficient (Wildman–Crippen LogP) is 10.1. The van der Waals surface area contributed by atoms with E-state index in [0.29, 0.717) is 11.4 Å². The molecule has 4 N–H and O–H groups in total. The standard InChI is InChI=1S/C38H28N2O2/c39-27-13-21-31(22-14-27)41-29-17-9-25(10-18-29)37-33-5-1-2-6-34(33)38(36-8-4-3-7-35(36)37)26-11-19-30(20-12-26)42-32-23-15-28(40)16-24-32/h1-24H,39-40H2. The van der Waals surface area contributed by atoms with Crippen LogP contribution in [0.1, 0.15) is 0 Å². The highest BCUT2D eigenvalue weighted by molar-refractivity contribution is 6.21. The molecule has 4 heteroatoms. The van der Waals surface area contributed by atoms with Crippen LogP contribution in [0, 0.1) is 0 Å². The summed E-state index contributed by atoms with van der Waals surface area (Å²) in [5.41, 5.74) is 17.7. The summed E-state index contributed by atoms with van der Waals surface area (Å²) in [5.74, 6) is 3.05. The molecule has 0 spiro atoms. The van der Waals surface area contributed by atoms with Gasteiger partial charge in [0.15, 0.2) is 0 Å². The summed E-state index contributed by atoms with van der Waals surface area (Å²) >= 11 is 0. The van der Waals surface area contributed by atoms with E-state index >= 15 is 0 Å². The lowest BCUT2D eigenvalue weighted by atomic mass is 9.86. The molecular formula is C38H28N2O2. The number of benzene rings is 7. The summed E-state index contributed by atoms with van der Waals surface area (Å²) in [7, 11) is 0. The van der Waals surface area contributed by atoms with Crippen molar-refractivity contribution in [2.24, 2.45) is 0 Å². The quantitative estimate of drug-likeness (QED) is 0.161. The van der Waals surface area contributed by atoms with Gasteiger partial charge in [-0.2, -0.15) is 0 Å². The van der Waals surface area contributed by atoms with Gasteiger partial charge in [-0.1, -0.05) is 72.8 Å². The molecule has 0 fully saturated rings. The Morgan fingerprint density at radius 3 is 0.857 bits per heavy atom. The molecular weight excluding hydrogens is 516 g/mol. The lowest BCUT2D eigenvalue weighted by Crippen LogP contribution is -1.91. The van der Waals surface area contributed by atoms with E-state index in [4.69, 9.17) is 20.9 Å². The van der Waals surface area contributed by atoms with E-state index in [-0.39, 0.29) is 0 Å². The third kappa shape index (κ3) is 4.87. The van der Waals surface area contributed by atoms with E-state index in [1.165, 1.54) is 32.7 Å². The first-order valence-corrected chi connectivity index (χ1v) is 13.8. The molecule has 0 aliphatic heterocycles. The molecule has 0 atom stereocenters. The SMILES string of the molecule is Nc1ccc(Oc2ccc(-c3c4ccccc4c(-c4ccc(Oc5ccc(N)cc5)cc4)c4ccccc34)cc2)cc1. The number of fused-ring (bicyclic) bond motifs is 2. The predicted molar refractivity (Wildman–Crippen MR) is 174 cm³/mol. The van der Waals surface area contributed by atoms with Crippen LogP contribution < -0.4 is 20.9 Å². The van der Waals surface area contributed by atoms with Crippen molar-refractivity contribution in [2.45, 2.75) is 0 Å². The van der Waals surface area contributed by atoms with Crippen molar-refractivity contribution in [2.75, 3.05) is 11.5 Å². The Labute approximate surface area is 244 Å². The molecule has 7 aromatic carbocycles. The number of hydrogen-bond donors (Lipinski definition) is 2.